The Morgan fingerprint density at radius 2 is 2.05 bits per heavy atom. The molecule has 1 aromatic carbocycles. The van der Waals surface area contributed by atoms with E-state index in [-0.39, 0.29) is 11.4 Å². The van der Waals surface area contributed by atoms with Crippen LogP contribution in [0.5, 0.6) is 0 Å². The Bertz CT molecular complexity index is 859. The average Bonchev–Trinajstić information content (AvgIpc) is 3.37. The third kappa shape index (κ3) is 1.64. The van der Waals surface area contributed by atoms with Crippen molar-refractivity contribution in [3.05, 3.63) is 81.5 Å². The second kappa shape index (κ2) is 3.89. The highest BCUT2D eigenvalue weighted by Gasteiger charge is 2.46. The van der Waals surface area contributed by atoms with Crippen LogP contribution in [-0.2, 0) is 10.3 Å². The highest BCUT2D eigenvalue weighted by Crippen LogP contribution is 2.52. The van der Waals surface area contributed by atoms with Crippen molar-refractivity contribution in [3.63, 3.8) is 0 Å². The smallest absolute Gasteiger partial charge is 0.252 e. The van der Waals surface area contributed by atoms with Gasteiger partial charge in [-0.1, -0.05) is 35.9 Å². The molecule has 0 radical (unpaired) electrons. The van der Waals surface area contributed by atoms with Crippen LogP contribution in [0.4, 0.5) is 0 Å². The summed E-state index contributed by atoms with van der Waals surface area (Å²) in [7, 11) is 0. The third-order valence-electron chi connectivity index (χ3n) is 5.19. The van der Waals surface area contributed by atoms with Gasteiger partial charge < -0.3 is 5.32 Å². The van der Waals surface area contributed by atoms with Crippen LogP contribution in [0.25, 0.3) is 0 Å². The molecule has 2 heteroatoms. The summed E-state index contributed by atoms with van der Waals surface area (Å²) in [4.78, 5) is 12.8. The van der Waals surface area contributed by atoms with Gasteiger partial charge in [0.2, 0.25) is 0 Å². The Balaban J connectivity index is 1.45. The number of benzene rings is 1. The van der Waals surface area contributed by atoms with Crippen molar-refractivity contribution in [3.8, 4) is 0 Å². The lowest BCUT2D eigenvalue weighted by atomic mass is 10.0. The summed E-state index contributed by atoms with van der Waals surface area (Å²) in [5.74, 6) is 0.0685. The lowest BCUT2D eigenvalue weighted by molar-refractivity contribution is -0.118. The SMILES string of the molecule is Cc1cccc(C2(NC(=O)C3=C4C=C5CC5=C4C=C3)CC2)c1. The molecule has 0 spiro atoms. The minimum absolute atomic E-state index is 0.0685. The van der Waals surface area contributed by atoms with E-state index >= 15 is 0 Å². The van der Waals surface area contributed by atoms with Crippen LogP contribution in [-0.4, -0.2) is 5.91 Å². The number of carbonyl (C=O) groups is 1. The maximum atomic E-state index is 12.8. The number of rotatable bonds is 3. The van der Waals surface area contributed by atoms with Gasteiger partial charge in [0.25, 0.3) is 5.91 Å². The number of fused-ring (bicyclic) bond motifs is 2. The number of amides is 1. The molecule has 0 bridgehead atoms. The standard InChI is InChI=1S/C20H17NO/c1-12-3-2-4-14(9-12)20(7-8-20)21-19(22)16-6-5-15-17-10-13(17)11-18(15)16/h2-6,9,11H,7-8,10H2,1H3,(H,21,22). The average molecular weight is 287 g/mol. The third-order valence-corrected chi connectivity index (χ3v) is 5.19. The van der Waals surface area contributed by atoms with E-state index in [0.29, 0.717) is 0 Å². The van der Waals surface area contributed by atoms with Crippen LogP contribution in [0, 0.1) is 6.92 Å². The number of aryl methyl sites for hydroxylation is 1. The fourth-order valence-corrected chi connectivity index (χ4v) is 3.67. The van der Waals surface area contributed by atoms with Crippen molar-refractivity contribution >= 4 is 5.91 Å². The molecule has 0 heterocycles. The fraction of sp³-hybridized carbons (Fsp3) is 0.250. The van der Waals surface area contributed by atoms with Crippen LogP contribution in [0.2, 0.25) is 0 Å². The maximum absolute atomic E-state index is 12.8. The van der Waals surface area contributed by atoms with Crippen LogP contribution in [0.15, 0.2) is 70.4 Å². The van der Waals surface area contributed by atoms with Gasteiger partial charge in [-0.15, -0.1) is 0 Å². The van der Waals surface area contributed by atoms with Crippen molar-refractivity contribution in [1.82, 2.24) is 5.32 Å². The van der Waals surface area contributed by atoms with Gasteiger partial charge in [0.15, 0.2) is 0 Å². The van der Waals surface area contributed by atoms with E-state index in [1.165, 1.54) is 27.8 Å². The summed E-state index contributed by atoms with van der Waals surface area (Å²) >= 11 is 0. The number of carbonyl (C=O) groups excluding carboxylic acids is 1. The summed E-state index contributed by atoms with van der Waals surface area (Å²) in [5.41, 5.74) is 8.44. The van der Waals surface area contributed by atoms with Gasteiger partial charge in [-0.25, -0.2) is 0 Å². The molecular weight excluding hydrogens is 270 g/mol. The van der Waals surface area contributed by atoms with Gasteiger partial charge in [0.05, 0.1) is 5.54 Å². The summed E-state index contributed by atoms with van der Waals surface area (Å²) in [6, 6.07) is 8.49. The van der Waals surface area contributed by atoms with E-state index in [9.17, 15) is 4.79 Å². The first-order chi connectivity index (χ1) is 10.7. The van der Waals surface area contributed by atoms with Crippen LogP contribution in [0.1, 0.15) is 30.4 Å². The van der Waals surface area contributed by atoms with Crippen LogP contribution in [0.3, 0.4) is 0 Å². The van der Waals surface area contributed by atoms with Gasteiger partial charge in [0.1, 0.15) is 0 Å². The van der Waals surface area contributed by atoms with Crippen molar-refractivity contribution in [2.45, 2.75) is 31.7 Å². The van der Waals surface area contributed by atoms with Crippen molar-refractivity contribution < 1.29 is 4.79 Å². The van der Waals surface area contributed by atoms with E-state index in [2.05, 4.69) is 48.7 Å². The van der Waals surface area contributed by atoms with Gasteiger partial charge >= 0.3 is 0 Å². The molecule has 0 atom stereocenters. The molecule has 0 aliphatic heterocycles. The zero-order chi connectivity index (χ0) is 14.9. The van der Waals surface area contributed by atoms with Crippen molar-refractivity contribution in [2.24, 2.45) is 0 Å². The fourth-order valence-electron chi connectivity index (χ4n) is 3.67. The van der Waals surface area contributed by atoms with Gasteiger partial charge in [-0.3, -0.25) is 4.79 Å². The summed E-state index contributed by atoms with van der Waals surface area (Å²) < 4.78 is 0. The minimum Gasteiger partial charge on any atom is -0.343 e. The molecule has 108 valence electrons. The maximum Gasteiger partial charge on any atom is 0.252 e. The van der Waals surface area contributed by atoms with Crippen LogP contribution < -0.4 is 5.32 Å². The molecule has 1 aromatic rings. The zero-order valence-electron chi connectivity index (χ0n) is 12.6. The van der Waals surface area contributed by atoms with E-state index in [4.69, 9.17) is 0 Å². The monoisotopic (exact) mass is 287 g/mol. The number of hydrogen-bond donors (Lipinski definition) is 1. The van der Waals surface area contributed by atoms with Crippen molar-refractivity contribution in [1.29, 1.82) is 0 Å². The molecule has 1 N–H and O–H groups in total. The largest absolute Gasteiger partial charge is 0.343 e. The molecule has 0 saturated heterocycles. The second-order valence-corrected chi connectivity index (χ2v) is 6.80. The van der Waals surface area contributed by atoms with Gasteiger partial charge in [-0.05, 0) is 66.2 Å². The quantitative estimate of drug-likeness (QED) is 0.904. The van der Waals surface area contributed by atoms with E-state index < -0.39 is 0 Å². The van der Waals surface area contributed by atoms with E-state index in [1.54, 1.807) is 0 Å². The second-order valence-electron chi connectivity index (χ2n) is 6.80. The first-order valence-electron chi connectivity index (χ1n) is 7.93. The molecule has 0 aromatic heterocycles. The van der Waals surface area contributed by atoms with Gasteiger partial charge in [-0.2, -0.15) is 0 Å². The van der Waals surface area contributed by atoms with Crippen molar-refractivity contribution in [2.75, 3.05) is 0 Å². The molecule has 22 heavy (non-hydrogen) atoms. The number of hydrogen-bond acceptors (Lipinski definition) is 1. The molecule has 2 fully saturated rings. The van der Waals surface area contributed by atoms with E-state index in [0.717, 1.165) is 30.4 Å². The Kier molecular flexibility index (Phi) is 2.16. The molecule has 5 rings (SSSR count). The molecular formula is C20H17NO. The molecule has 2 saturated carbocycles. The Morgan fingerprint density at radius 3 is 2.82 bits per heavy atom. The molecule has 0 unspecified atom stereocenters. The lowest BCUT2D eigenvalue weighted by Crippen LogP contribution is -2.35. The normalized spacial score (nSPS) is 22.5. The Morgan fingerprint density at radius 1 is 1.18 bits per heavy atom. The molecule has 4 aliphatic rings. The van der Waals surface area contributed by atoms with Crippen LogP contribution >= 0.6 is 0 Å². The Labute approximate surface area is 129 Å². The predicted octanol–water partition coefficient (Wildman–Crippen LogP) is 3.61. The lowest BCUT2D eigenvalue weighted by Gasteiger charge is -2.19. The number of nitrogens with one attached hydrogen (secondary N) is 1. The predicted molar refractivity (Wildman–Crippen MR) is 86.1 cm³/mol. The first kappa shape index (κ1) is 12.2. The minimum atomic E-state index is -0.144. The topological polar surface area (TPSA) is 29.1 Å². The first-order valence-corrected chi connectivity index (χ1v) is 7.93. The molecule has 1 amide bonds. The summed E-state index contributed by atoms with van der Waals surface area (Å²) in [6.45, 7) is 2.10. The summed E-state index contributed by atoms with van der Waals surface area (Å²) in [5, 5.41) is 3.30. The highest BCUT2D eigenvalue weighted by atomic mass is 16.1. The molecule has 4 aliphatic carbocycles. The highest BCUT2D eigenvalue weighted by molar-refractivity contribution is 6.02. The summed E-state index contributed by atoms with van der Waals surface area (Å²) in [6.07, 6.45) is 9.44. The zero-order valence-corrected chi connectivity index (χ0v) is 12.6. The Hall–Kier alpha value is -2.35. The van der Waals surface area contributed by atoms with Gasteiger partial charge in [0, 0.05) is 5.57 Å². The number of allylic oxidation sites excluding steroid dienone is 6. The van der Waals surface area contributed by atoms with E-state index in [1.807, 2.05) is 6.08 Å². The molecule has 2 nitrogen and oxygen atoms in total.